The molecule has 15 heavy (non-hydrogen) atoms. The molecule has 0 aromatic heterocycles. The van der Waals surface area contributed by atoms with E-state index in [1.54, 1.807) is 0 Å². The van der Waals surface area contributed by atoms with Crippen molar-refractivity contribution in [3.8, 4) is 0 Å². The lowest BCUT2D eigenvalue weighted by Gasteiger charge is -2.20. The highest BCUT2D eigenvalue weighted by molar-refractivity contribution is 4.79. The van der Waals surface area contributed by atoms with Crippen LogP contribution in [0, 0.1) is 11.8 Å². The van der Waals surface area contributed by atoms with E-state index in [9.17, 15) is 0 Å². The molecule has 0 saturated carbocycles. The molecule has 1 saturated heterocycles. The average Bonchev–Trinajstić information content (AvgIpc) is 2.51. The summed E-state index contributed by atoms with van der Waals surface area (Å²) in [7, 11) is 0. The molecule has 1 rings (SSSR count). The normalized spacial score (nSPS) is 25.0. The smallest absolute Gasteiger partial charge is 0.00417 e. The summed E-state index contributed by atoms with van der Waals surface area (Å²) in [6.07, 6.45) is 2.75. The Kier molecular flexibility index (Phi) is 5.62. The van der Waals surface area contributed by atoms with Crippen molar-refractivity contribution < 1.29 is 0 Å². The third-order valence-corrected chi connectivity index (χ3v) is 3.23. The molecule has 0 bridgehead atoms. The van der Waals surface area contributed by atoms with Gasteiger partial charge in [0.05, 0.1) is 0 Å². The Morgan fingerprint density at radius 3 is 2.67 bits per heavy atom. The summed E-state index contributed by atoms with van der Waals surface area (Å²) in [6.45, 7) is 14.2. The third-order valence-electron chi connectivity index (χ3n) is 3.23. The lowest BCUT2D eigenvalue weighted by Crippen LogP contribution is -2.30. The first kappa shape index (κ1) is 13.0. The van der Waals surface area contributed by atoms with Crippen LogP contribution in [0.4, 0.5) is 0 Å². The Balaban J connectivity index is 2.18. The van der Waals surface area contributed by atoms with E-state index in [-0.39, 0.29) is 0 Å². The summed E-state index contributed by atoms with van der Waals surface area (Å²) in [5.74, 6) is 1.74. The summed E-state index contributed by atoms with van der Waals surface area (Å²) in [5.41, 5.74) is 0. The van der Waals surface area contributed by atoms with Crippen LogP contribution in [0.5, 0.6) is 0 Å². The molecule has 0 aliphatic carbocycles. The predicted molar refractivity (Wildman–Crippen MR) is 67.1 cm³/mol. The summed E-state index contributed by atoms with van der Waals surface area (Å²) in [4.78, 5) is 2.63. The Labute approximate surface area is 95.4 Å². The van der Waals surface area contributed by atoms with Crippen LogP contribution in [0.15, 0.2) is 0 Å². The van der Waals surface area contributed by atoms with Gasteiger partial charge in [-0.2, -0.15) is 0 Å². The number of rotatable bonds is 6. The molecule has 0 aromatic carbocycles. The fourth-order valence-corrected chi connectivity index (χ4v) is 2.72. The molecule has 0 aromatic rings. The van der Waals surface area contributed by atoms with Gasteiger partial charge >= 0.3 is 0 Å². The van der Waals surface area contributed by atoms with Gasteiger partial charge < -0.3 is 10.2 Å². The maximum Gasteiger partial charge on any atom is 0.00417 e. The fourth-order valence-electron chi connectivity index (χ4n) is 2.72. The maximum atomic E-state index is 3.51. The van der Waals surface area contributed by atoms with Gasteiger partial charge in [0.25, 0.3) is 0 Å². The third kappa shape index (κ3) is 4.98. The van der Waals surface area contributed by atoms with Gasteiger partial charge in [-0.3, -0.25) is 0 Å². The Hall–Kier alpha value is -0.0800. The van der Waals surface area contributed by atoms with Gasteiger partial charge in [0.15, 0.2) is 0 Å². The standard InChI is InChI=1S/C13H28N2/c1-5-14-12(4)8-13-6-7-15(10-13)9-11(2)3/h11-14H,5-10H2,1-4H3. The van der Waals surface area contributed by atoms with Crippen molar-refractivity contribution >= 4 is 0 Å². The van der Waals surface area contributed by atoms with Crippen LogP contribution in [0.1, 0.15) is 40.5 Å². The molecule has 1 N–H and O–H groups in total. The van der Waals surface area contributed by atoms with Crippen LogP contribution in [-0.4, -0.2) is 37.1 Å². The lowest BCUT2D eigenvalue weighted by atomic mass is 10.00. The number of likely N-dealkylation sites (tertiary alicyclic amines) is 1. The molecule has 2 unspecified atom stereocenters. The van der Waals surface area contributed by atoms with Crippen LogP contribution in [0.25, 0.3) is 0 Å². The van der Waals surface area contributed by atoms with E-state index < -0.39 is 0 Å². The fraction of sp³-hybridized carbons (Fsp3) is 1.00. The zero-order chi connectivity index (χ0) is 11.3. The van der Waals surface area contributed by atoms with Crippen LogP contribution in [-0.2, 0) is 0 Å². The van der Waals surface area contributed by atoms with E-state index in [0.29, 0.717) is 6.04 Å². The number of hydrogen-bond acceptors (Lipinski definition) is 2. The molecule has 2 atom stereocenters. The molecule has 2 heteroatoms. The van der Waals surface area contributed by atoms with Crippen molar-refractivity contribution in [2.24, 2.45) is 11.8 Å². The average molecular weight is 212 g/mol. The summed E-state index contributed by atoms with van der Waals surface area (Å²) in [5, 5.41) is 3.51. The van der Waals surface area contributed by atoms with Crippen molar-refractivity contribution in [1.29, 1.82) is 0 Å². The maximum absolute atomic E-state index is 3.51. The topological polar surface area (TPSA) is 15.3 Å². The van der Waals surface area contributed by atoms with Crippen LogP contribution in [0.2, 0.25) is 0 Å². The molecule has 0 spiro atoms. The van der Waals surface area contributed by atoms with E-state index in [1.807, 2.05) is 0 Å². The molecule has 1 aliphatic rings. The minimum atomic E-state index is 0.694. The first-order valence-electron chi connectivity index (χ1n) is 6.57. The number of nitrogens with zero attached hydrogens (tertiary/aromatic N) is 1. The van der Waals surface area contributed by atoms with E-state index in [0.717, 1.165) is 18.4 Å². The minimum absolute atomic E-state index is 0.694. The molecule has 2 nitrogen and oxygen atoms in total. The molecule has 0 radical (unpaired) electrons. The van der Waals surface area contributed by atoms with Gasteiger partial charge in [-0.05, 0) is 44.7 Å². The molecule has 90 valence electrons. The Morgan fingerprint density at radius 2 is 2.07 bits per heavy atom. The van der Waals surface area contributed by atoms with Crippen molar-refractivity contribution in [2.45, 2.75) is 46.6 Å². The van der Waals surface area contributed by atoms with Gasteiger partial charge in [-0.15, -0.1) is 0 Å². The summed E-state index contributed by atoms with van der Waals surface area (Å²) >= 11 is 0. The SMILES string of the molecule is CCNC(C)CC1CCN(CC(C)C)C1. The van der Waals surface area contributed by atoms with Crippen LogP contribution >= 0.6 is 0 Å². The first-order valence-corrected chi connectivity index (χ1v) is 6.57. The Bertz CT molecular complexity index is 168. The van der Waals surface area contributed by atoms with Gasteiger partial charge in [-0.1, -0.05) is 20.8 Å². The van der Waals surface area contributed by atoms with Gasteiger partial charge in [0, 0.05) is 19.1 Å². The van der Waals surface area contributed by atoms with Gasteiger partial charge in [0.1, 0.15) is 0 Å². The minimum Gasteiger partial charge on any atom is -0.315 e. The molecular formula is C13H28N2. The largest absolute Gasteiger partial charge is 0.315 e. The van der Waals surface area contributed by atoms with E-state index in [2.05, 4.69) is 37.9 Å². The van der Waals surface area contributed by atoms with Gasteiger partial charge in [0.2, 0.25) is 0 Å². The second kappa shape index (κ2) is 6.49. The number of nitrogens with one attached hydrogen (secondary N) is 1. The van der Waals surface area contributed by atoms with E-state index >= 15 is 0 Å². The van der Waals surface area contributed by atoms with E-state index in [4.69, 9.17) is 0 Å². The highest BCUT2D eigenvalue weighted by Gasteiger charge is 2.23. The summed E-state index contributed by atoms with van der Waals surface area (Å²) < 4.78 is 0. The molecule has 1 heterocycles. The lowest BCUT2D eigenvalue weighted by molar-refractivity contribution is 0.280. The van der Waals surface area contributed by atoms with Crippen molar-refractivity contribution in [3.05, 3.63) is 0 Å². The molecular weight excluding hydrogens is 184 g/mol. The van der Waals surface area contributed by atoms with E-state index in [1.165, 1.54) is 32.5 Å². The Morgan fingerprint density at radius 1 is 1.33 bits per heavy atom. The van der Waals surface area contributed by atoms with Crippen molar-refractivity contribution in [3.63, 3.8) is 0 Å². The van der Waals surface area contributed by atoms with Gasteiger partial charge in [-0.25, -0.2) is 0 Å². The quantitative estimate of drug-likeness (QED) is 0.727. The predicted octanol–water partition coefficient (Wildman–Crippen LogP) is 2.35. The van der Waals surface area contributed by atoms with Crippen molar-refractivity contribution in [2.75, 3.05) is 26.2 Å². The van der Waals surface area contributed by atoms with Crippen LogP contribution < -0.4 is 5.32 Å². The zero-order valence-electron chi connectivity index (χ0n) is 10.9. The van der Waals surface area contributed by atoms with Crippen LogP contribution in [0.3, 0.4) is 0 Å². The zero-order valence-corrected chi connectivity index (χ0v) is 10.9. The molecule has 1 fully saturated rings. The summed E-state index contributed by atoms with van der Waals surface area (Å²) in [6, 6.07) is 0.694. The highest BCUT2D eigenvalue weighted by Crippen LogP contribution is 2.21. The monoisotopic (exact) mass is 212 g/mol. The molecule has 1 aliphatic heterocycles. The second-order valence-corrected chi connectivity index (χ2v) is 5.50. The molecule has 0 amide bonds. The van der Waals surface area contributed by atoms with Crippen molar-refractivity contribution in [1.82, 2.24) is 10.2 Å². The second-order valence-electron chi connectivity index (χ2n) is 5.50. The highest BCUT2D eigenvalue weighted by atomic mass is 15.1. The number of hydrogen-bond donors (Lipinski definition) is 1. The first-order chi connectivity index (χ1) is 7.11.